The molecule has 0 rings (SSSR count). The first-order valence-corrected chi connectivity index (χ1v) is 5.60. The van der Waals surface area contributed by atoms with Crippen LogP contribution in [0.3, 0.4) is 0 Å². The van der Waals surface area contributed by atoms with Crippen LogP contribution in [0.1, 0.15) is 6.92 Å². The first-order chi connectivity index (χ1) is 4.54. The van der Waals surface area contributed by atoms with Crippen molar-refractivity contribution < 1.29 is 9.53 Å². The summed E-state index contributed by atoms with van der Waals surface area (Å²) in [6, 6.07) is 0. The Morgan fingerprint density at radius 3 is 2.20 bits per heavy atom. The Balaban J connectivity index is 3.71. The van der Waals surface area contributed by atoms with Gasteiger partial charge in [0.1, 0.15) is 6.61 Å². The van der Waals surface area contributed by atoms with Gasteiger partial charge < -0.3 is 4.74 Å². The molecule has 0 saturated heterocycles. The second kappa shape index (κ2) is 5.98. The van der Waals surface area contributed by atoms with Gasteiger partial charge in [-0.15, -0.1) is 0 Å². The van der Waals surface area contributed by atoms with Crippen LogP contribution < -0.4 is 0 Å². The highest BCUT2D eigenvalue weighted by molar-refractivity contribution is 14.2. The Morgan fingerprint density at radius 2 is 1.90 bits per heavy atom. The summed E-state index contributed by atoms with van der Waals surface area (Å²) >= 11 is 6.52. The largest absolute Gasteiger partial charge is 0.460 e. The summed E-state index contributed by atoms with van der Waals surface area (Å²) in [7, 11) is 0. The summed E-state index contributed by atoms with van der Waals surface area (Å²) in [5.41, 5.74) is 0. The lowest BCUT2D eigenvalue weighted by Crippen LogP contribution is -1.99. The van der Waals surface area contributed by atoms with Gasteiger partial charge in [-0.2, -0.15) is 0 Å². The topological polar surface area (TPSA) is 26.3 Å². The van der Waals surface area contributed by atoms with Crippen molar-refractivity contribution in [1.29, 1.82) is 0 Å². The summed E-state index contributed by atoms with van der Waals surface area (Å²) in [5.74, 6) is -0.233. The molecular weight excluding hydrogens is 473 g/mol. The van der Waals surface area contributed by atoms with E-state index in [9.17, 15) is 4.79 Å². The molecule has 0 unspecified atom stereocenters. The number of halogens is 3. The van der Waals surface area contributed by atoms with E-state index in [0.717, 1.165) is 5.17 Å². The van der Waals surface area contributed by atoms with Crippen LogP contribution in [0.4, 0.5) is 0 Å². The van der Waals surface area contributed by atoms with E-state index < -0.39 is 0 Å². The third-order valence-corrected chi connectivity index (χ3v) is 4.82. The molecule has 10 heavy (non-hydrogen) atoms. The van der Waals surface area contributed by atoms with Crippen LogP contribution in [0.2, 0.25) is 0 Å². The molecule has 0 aromatic carbocycles. The van der Waals surface area contributed by atoms with E-state index in [-0.39, 0.29) is 5.97 Å². The van der Waals surface area contributed by atoms with E-state index in [1.807, 2.05) is 0 Å². The molecule has 0 aromatic heterocycles. The molecule has 0 fully saturated rings. The molecule has 0 bridgehead atoms. The van der Waals surface area contributed by atoms with Crippen molar-refractivity contribution in [2.24, 2.45) is 0 Å². The van der Waals surface area contributed by atoms with Crippen LogP contribution in [-0.4, -0.2) is 12.6 Å². The lowest BCUT2D eigenvalue weighted by atomic mass is 10.7. The summed E-state index contributed by atoms with van der Waals surface area (Å²) in [6.07, 6.45) is 0. The van der Waals surface area contributed by atoms with Crippen LogP contribution in [-0.2, 0) is 9.53 Å². The van der Waals surface area contributed by atoms with Gasteiger partial charge in [0.25, 0.3) is 0 Å². The van der Waals surface area contributed by atoms with Crippen molar-refractivity contribution in [3.05, 3.63) is 5.17 Å². The van der Waals surface area contributed by atoms with Gasteiger partial charge in [-0.3, -0.25) is 4.79 Å². The molecule has 0 N–H and O–H groups in total. The molecule has 0 radical (unpaired) electrons. The maximum atomic E-state index is 10.3. The average molecular weight is 478 g/mol. The molecule has 0 aliphatic heterocycles. The summed E-state index contributed by atoms with van der Waals surface area (Å²) < 4.78 is 6.95. The number of esters is 1. The number of ether oxygens (including phenoxy) is 1. The van der Waals surface area contributed by atoms with Crippen LogP contribution in [0, 0.1) is 0 Å². The standard InChI is InChI=1S/C5H5I3O2/c1-3(9)10-2-4(6)5(7)8/h2H2,1H3. The van der Waals surface area contributed by atoms with Crippen LogP contribution >= 0.6 is 67.8 Å². The highest BCUT2D eigenvalue weighted by atomic mass is 127. The van der Waals surface area contributed by atoms with Gasteiger partial charge in [-0.1, -0.05) is 0 Å². The smallest absolute Gasteiger partial charge is 0.302 e. The Labute approximate surface area is 101 Å². The molecule has 2 nitrogen and oxygen atoms in total. The van der Waals surface area contributed by atoms with Crippen molar-refractivity contribution in [2.45, 2.75) is 6.92 Å². The van der Waals surface area contributed by atoms with Crippen LogP contribution in [0.25, 0.3) is 0 Å². The number of hydrogen-bond donors (Lipinski definition) is 0. The van der Waals surface area contributed by atoms with Crippen LogP contribution in [0.15, 0.2) is 5.17 Å². The molecule has 0 aliphatic carbocycles. The number of rotatable bonds is 2. The van der Waals surface area contributed by atoms with Crippen molar-refractivity contribution in [3.63, 3.8) is 0 Å². The zero-order valence-electron chi connectivity index (χ0n) is 5.16. The predicted molar refractivity (Wildman–Crippen MR) is 65.7 cm³/mol. The maximum absolute atomic E-state index is 10.3. The Kier molecular flexibility index (Phi) is 6.81. The fourth-order valence-electron chi connectivity index (χ4n) is 0.220. The van der Waals surface area contributed by atoms with E-state index >= 15 is 0 Å². The average Bonchev–Trinajstić information content (AvgIpc) is 1.82. The minimum Gasteiger partial charge on any atom is -0.460 e. The van der Waals surface area contributed by atoms with Gasteiger partial charge in [0, 0.05) is 10.5 Å². The van der Waals surface area contributed by atoms with Gasteiger partial charge in [-0.05, 0) is 67.8 Å². The van der Waals surface area contributed by atoms with Crippen molar-refractivity contribution in [2.75, 3.05) is 6.61 Å². The van der Waals surface area contributed by atoms with Gasteiger partial charge in [0.05, 0.1) is 1.59 Å². The predicted octanol–water partition coefficient (Wildman–Crippen LogP) is 3.02. The maximum Gasteiger partial charge on any atom is 0.302 e. The Hall–Kier alpha value is 1.40. The first kappa shape index (κ1) is 11.4. The molecular formula is C5H5I3O2. The van der Waals surface area contributed by atoms with Crippen molar-refractivity contribution in [3.8, 4) is 0 Å². The number of carbonyl (C=O) groups is 1. The molecule has 0 amide bonds. The van der Waals surface area contributed by atoms with E-state index in [2.05, 4.69) is 67.8 Å². The highest BCUT2D eigenvalue weighted by Crippen LogP contribution is 2.25. The van der Waals surface area contributed by atoms with Gasteiger partial charge in [0.15, 0.2) is 0 Å². The zero-order chi connectivity index (χ0) is 8.15. The molecule has 5 heteroatoms. The fourth-order valence-corrected chi connectivity index (χ4v) is 0.687. The summed E-state index contributed by atoms with van der Waals surface area (Å²) in [5, 5.41) is 0. The molecule has 0 aromatic rings. The van der Waals surface area contributed by atoms with Crippen LogP contribution in [0.5, 0.6) is 0 Å². The van der Waals surface area contributed by atoms with Gasteiger partial charge in [-0.25, -0.2) is 0 Å². The lowest BCUT2D eigenvalue weighted by Gasteiger charge is -1.99. The van der Waals surface area contributed by atoms with E-state index in [1.54, 1.807) is 0 Å². The highest BCUT2D eigenvalue weighted by Gasteiger charge is 1.98. The Morgan fingerprint density at radius 1 is 1.40 bits per heavy atom. The fraction of sp³-hybridized carbons (Fsp3) is 0.400. The third-order valence-electron chi connectivity index (χ3n) is 0.607. The zero-order valence-corrected chi connectivity index (χ0v) is 11.6. The second-order valence-corrected chi connectivity index (χ2v) is 6.97. The van der Waals surface area contributed by atoms with Gasteiger partial charge in [0.2, 0.25) is 0 Å². The molecule has 0 aliphatic rings. The van der Waals surface area contributed by atoms with Crippen molar-refractivity contribution in [1.82, 2.24) is 0 Å². The SMILES string of the molecule is CC(=O)OCC(I)=C(I)I. The minimum atomic E-state index is -0.233. The Bertz CT molecular complexity index is 160. The molecule has 0 spiro atoms. The summed E-state index contributed by atoms with van der Waals surface area (Å²) in [6.45, 7) is 1.81. The lowest BCUT2D eigenvalue weighted by molar-refractivity contribution is -0.139. The van der Waals surface area contributed by atoms with Crippen molar-refractivity contribution >= 4 is 73.7 Å². The van der Waals surface area contributed by atoms with E-state index in [0.29, 0.717) is 6.61 Å². The summed E-state index contributed by atoms with van der Waals surface area (Å²) in [4.78, 5) is 10.3. The monoisotopic (exact) mass is 478 g/mol. The van der Waals surface area contributed by atoms with E-state index in [1.165, 1.54) is 6.92 Å². The quantitative estimate of drug-likeness (QED) is 0.451. The number of carbonyl (C=O) groups excluding carboxylic acids is 1. The normalized spacial score (nSPS) is 8.80. The second-order valence-electron chi connectivity index (χ2n) is 1.45. The first-order valence-electron chi connectivity index (χ1n) is 2.37. The molecule has 0 atom stereocenters. The molecule has 0 heterocycles. The third kappa shape index (κ3) is 6.13. The number of hydrogen-bond acceptors (Lipinski definition) is 2. The molecule has 0 saturated carbocycles. The minimum absolute atomic E-state index is 0.233. The van der Waals surface area contributed by atoms with Gasteiger partial charge >= 0.3 is 5.97 Å². The molecule has 58 valence electrons. The van der Waals surface area contributed by atoms with E-state index in [4.69, 9.17) is 4.74 Å².